The van der Waals surface area contributed by atoms with E-state index in [4.69, 9.17) is 11.6 Å². The molecule has 15 heavy (non-hydrogen) atoms. The summed E-state index contributed by atoms with van der Waals surface area (Å²) in [6.45, 7) is 0. The monoisotopic (exact) mass is 221 g/mol. The van der Waals surface area contributed by atoms with Crippen LogP contribution in [-0.4, -0.2) is 17.1 Å². The first kappa shape index (κ1) is 9.93. The Labute approximate surface area is 91.3 Å². The molecule has 1 aromatic heterocycles. The van der Waals surface area contributed by atoms with Gasteiger partial charge in [0.2, 0.25) is 0 Å². The van der Waals surface area contributed by atoms with Gasteiger partial charge in [0.15, 0.2) is 6.29 Å². The summed E-state index contributed by atoms with van der Waals surface area (Å²) >= 11 is 5.98. The first-order valence-corrected chi connectivity index (χ1v) is 4.75. The minimum atomic E-state index is 0.392. The molecule has 0 N–H and O–H groups in total. The van der Waals surface area contributed by atoms with Gasteiger partial charge in [-0.15, -0.1) is 0 Å². The van der Waals surface area contributed by atoms with Gasteiger partial charge in [-0.05, 0) is 18.2 Å². The van der Waals surface area contributed by atoms with Crippen LogP contribution in [0.2, 0.25) is 5.15 Å². The summed E-state index contributed by atoms with van der Waals surface area (Å²) in [5.74, 6) is 0. The molecule has 4 heteroatoms. The summed E-state index contributed by atoms with van der Waals surface area (Å²) in [5, 5.41) is 1.10. The normalized spacial score (nSPS) is 10.5. The molecule has 0 saturated carbocycles. The highest BCUT2D eigenvalue weighted by Crippen LogP contribution is 2.28. The highest BCUT2D eigenvalue weighted by Gasteiger charge is 2.12. The molecule has 0 bridgehead atoms. The third-order valence-corrected chi connectivity index (χ3v) is 2.90. The van der Waals surface area contributed by atoms with Crippen molar-refractivity contribution in [3.8, 4) is 0 Å². The molecule has 0 unspecified atom stereocenters. The lowest BCUT2D eigenvalue weighted by molar-refractivity contribution is 0.111. The van der Waals surface area contributed by atoms with Gasteiger partial charge < -0.3 is 4.57 Å². The molecule has 3 nitrogen and oxygen atoms in total. The van der Waals surface area contributed by atoms with Gasteiger partial charge in [-0.1, -0.05) is 11.6 Å². The van der Waals surface area contributed by atoms with E-state index in [1.165, 1.54) is 0 Å². The van der Waals surface area contributed by atoms with Crippen molar-refractivity contribution in [1.82, 2.24) is 4.57 Å². The summed E-state index contributed by atoms with van der Waals surface area (Å²) in [4.78, 5) is 21.5. The number of aromatic nitrogens is 1. The highest BCUT2D eigenvalue weighted by molar-refractivity contribution is 6.34. The maximum atomic E-state index is 10.9. The lowest BCUT2D eigenvalue weighted by Crippen LogP contribution is -1.86. The number of hydrogen-bond acceptors (Lipinski definition) is 2. The zero-order chi connectivity index (χ0) is 11.0. The van der Waals surface area contributed by atoms with Crippen LogP contribution in [0.3, 0.4) is 0 Å². The molecule has 0 amide bonds. The molecule has 76 valence electrons. The lowest BCUT2D eigenvalue weighted by Gasteiger charge is -1.96. The Balaban J connectivity index is 2.91. The number of carbonyl (C=O) groups excluding carboxylic acids is 2. The van der Waals surface area contributed by atoms with E-state index in [0.29, 0.717) is 28.0 Å². The molecule has 0 saturated heterocycles. The van der Waals surface area contributed by atoms with Crippen molar-refractivity contribution in [3.05, 3.63) is 34.5 Å². The van der Waals surface area contributed by atoms with Gasteiger partial charge in [0.1, 0.15) is 11.4 Å². The highest BCUT2D eigenvalue weighted by atomic mass is 35.5. The molecular formula is C11H8ClNO2. The molecule has 1 heterocycles. The molecule has 0 radical (unpaired) electrons. The van der Waals surface area contributed by atoms with Gasteiger partial charge in [-0.3, -0.25) is 9.59 Å². The fraction of sp³-hybridized carbons (Fsp3) is 0.0909. The van der Waals surface area contributed by atoms with Crippen molar-refractivity contribution in [2.24, 2.45) is 7.05 Å². The lowest BCUT2D eigenvalue weighted by atomic mass is 10.1. The largest absolute Gasteiger partial charge is 0.334 e. The van der Waals surface area contributed by atoms with Crippen LogP contribution in [0.25, 0.3) is 10.9 Å². The van der Waals surface area contributed by atoms with Crippen molar-refractivity contribution in [3.63, 3.8) is 0 Å². The Morgan fingerprint density at radius 1 is 1.27 bits per heavy atom. The molecule has 0 aliphatic carbocycles. The first-order valence-electron chi connectivity index (χ1n) is 4.37. The number of aryl methyl sites for hydroxylation is 1. The Morgan fingerprint density at radius 3 is 2.60 bits per heavy atom. The van der Waals surface area contributed by atoms with Gasteiger partial charge in [-0.25, -0.2) is 0 Å². The van der Waals surface area contributed by atoms with E-state index < -0.39 is 0 Å². The van der Waals surface area contributed by atoms with Crippen molar-refractivity contribution < 1.29 is 9.59 Å². The Kier molecular flexibility index (Phi) is 2.32. The second kappa shape index (κ2) is 3.51. The number of halogens is 1. The number of aldehydes is 2. The summed E-state index contributed by atoms with van der Waals surface area (Å²) in [7, 11) is 1.78. The number of nitrogens with zero attached hydrogens (tertiary/aromatic N) is 1. The predicted octanol–water partition coefficient (Wildman–Crippen LogP) is 2.46. The molecular weight excluding hydrogens is 214 g/mol. The second-order valence-corrected chi connectivity index (χ2v) is 3.63. The quantitative estimate of drug-likeness (QED) is 0.731. The topological polar surface area (TPSA) is 39.1 Å². The van der Waals surface area contributed by atoms with Crippen molar-refractivity contribution >= 4 is 35.1 Å². The third kappa shape index (κ3) is 1.36. The zero-order valence-electron chi connectivity index (χ0n) is 8.03. The van der Waals surface area contributed by atoms with Crippen LogP contribution in [0.15, 0.2) is 18.2 Å². The number of rotatable bonds is 2. The van der Waals surface area contributed by atoms with Crippen LogP contribution in [0.4, 0.5) is 0 Å². The second-order valence-electron chi connectivity index (χ2n) is 3.28. The predicted molar refractivity (Wildman–Crippen MR) is 58.7 cm³/mol. The van der Waals surface area contributed by atoms with Crippen LogP contribution in [0.5, 0.6) is 0 Å². The van der Waals surface area contributed by atoms with Crippen molar-refractivity contribution in [1.29, 1.82) is 0 Å². The van der Waals surface area contributed by atoms with Crippen LogP contribution >= 0.6 is 11.6 Å². The van der Waals surface area contributed by atoms with Crippen LogP contribution in [0.1, 0.15) is 20.7 Å². The zero-order valence-corrected chi connectivity index (χ0v) is 8.78. The van der Waals surface area contributed by atoms with E-state index >= 15 is 0 Å². The first-order chi connectivity index (χ1) is 7.19. The standard InChI is InChI=1S/C11H8ClNO2/c1-13-10-3-2-7(5-14)4-8(10)9(6-15)11(13)12/h2-6H,1H3. The number of carbonyl (C=O) groups is 2. The van der Waals surface area contributed by atoms with Crippen molar-refractivity contribution in [2.75, 3.05) is 0 Å². The Bertz CT molecular complexity index is 557. The fourth-order valence-electron chi connectivity index (χ4n) is 1.64. The molecule has 2 rings (SSSR count). The molecule has 0 atom stereocenters. The average Bonchev–Trinajstić information content (AvgIpc) is 2.51. The number of fused-ring (bicyclic) bond motifs is 1. The Hall–Kier alpha value is -1.61. The van der Waals surface area contributed by atoms with E-state index in [0.717, 1.165) is 11.8 Å². The summed E-state index contributed by atoms with van der Waals surface area (Å²) in [6, 6.07) is 5.14. The van der Waals surface area contributed by atoms with Gasteiger partial charge in [-0.2, -0.15) is 0 Å². The molecule has 1 aromatic carbocycles. The van der Waals surface area contributed by atoms with Gasteiger partial charge in [0, 0.05) is 23.5 Å². The van der Waals surface area contributed by atoms with E-state index in [9.17, 15) is 9.59 Å². The molecule has 0 aliphatic heterocycles. The van der Waals surface area contributed by atoms with E-state index in [2.05, 4.69) is 0 Å². The molecule has 0 aliphatic rings. The number of hydrogen-bond donors (Lipinski definition) is 0. The summed E-state index contributed by atoms with van der Waals surface area (Å²) < 4.78 is 1.72. The number of benzene rings is 1. The van der Waals surface area contributed by atoms with Crippen LogP contribution in [0, 0.1) is 0 Å². The molecule has 0 spiro atoms. The van der Waals surface area contributed by atoms with Gasteiger partial charge in [0.05, 0.1) is 5.56 Å². The maximum absolute atomic E-state index is 10.9. The third-order valence-electron chi connectivity index (χ3n) is 2.44. The van der Waals surface area contributed by atoms with Gasteiger partial charge in [0.25, 0.3) is 0 Å². The van der Waals surface area contributed by atoms with Gasteiger partial charge >= 0.3 is 0 Å². The van der Waals surface area contributed by atoms with Crippen LogP contribution in [-0.2, 0) is 7.05 Å². The maximum Gasteiger partial charge on any atom is 0.153 e. The fourth-order valence-corrected chi connectivity index (χ4v) is 1.88. The average molecular weight is 222 g/mol. The molecule has 0 fully saturated rings. The van der Waals surface area contributed by atoms with Crippen molar-refractivity contribution in [2.45, 2.75) is 0 Å². The van der Waals surface area contributed by atoms with E-state index in [1.54, 1.807) is 29.8 Å². The minimum absolute atomic E-state index is 0.392. The minimum Gasteiger partial charge on any atom is -0.334 e. The summed E-state index contributed by atoms with van der Waals surface area (Å²) in [5.41, 5.74) is 1.80. The van der Waals surface area contributed by atoms with E-state index in [-0.39, 0.29) is 0 Å². The Morgan fingerprint density at radius 2 is 2.00 bits per heavy atom. The summed E-state index contributed by atoms with van der Waals surface area (Å²) in [6.07, 6.45) is 1.45. The van der Waals surface area contributed by atoms with Crippen LogP contribution < -0.4 is 0 Å². The SMILES string of the molecule is Cn1c(Cl)c(C=O)c2cc(C=O)ccc21. The molecule has 2 aromatic rings. The smallest absolute Gasteiger partial charge is 0.153 e. The van der Waals surface area contributed by atoms with E-state index in [1.807, 2.05) is 0 Å².